The van der Waals surface area contributed by atoms with E-state index < -0.39 is 6.10 Å². The zero-order chi connectivity index (χ0) is 26.6. The summed E-state index contributed by atoms with van der Waals surface area (Å²) in [6, 6.07) is 29.6. The van der Waals surface area contributed by atoms with Gasteiger partial charge < -0.3 is 19.8 Å². The van der Waals surface area contributed by atoms with E-state index in [0.29, 0.717) is 30.6 Å². The molecule has 5 rings (SSSR count). The number of phenols is 1. The molecular weight excluding hydrogens is 497 g/mol. The summed E-state index contributed by atoms with van der Waals surface area (Å²) in [4.78, 5) is 2.92. The molecular formula is C32H30FNO3S. The van der Waals surface area contributed by atoms with Crippen LogP contribution in [0.15, 0.2) is 97.1 Å². The van der Waals surface area contributed by atoms with Crippen LogP contribution in [0.2, 0.25) is 0 Å². The summed E-state index contributed by atoms with van der Waals surface area (Å²) in [6.45, 7) is 0. The number of phenolic OH excluding ortho intramolecular Hbond substituents is 1. The second kappa shape index (κ2) is 11.3. The Hall–Kier alpha value is -3.74. The van der Waals surface area contributed by atoms with Gasteiger partial charge in [0.2, 0.25) is 0 Å². The van der Waals surface area contributed by atoms with E-state index in [1.807, 2.05) is 30.3 Å². The van der Waals surface area contributed by atoms with E-state index in [-0.39, 0.29) is 23.5 Å². The van der Waals surface area contributed by atoms with Crippen molar-refractivity contribution in [1.82, 2.24) is 0 Å². The van der Waals surface area contributed by atoms with E-state index in [0.717, 1.165) is 27.4 Å². The van der Waals surface area contributed by atoms with Crippen LogP contribution in [0.3, 0.4) is 0 Å². The summed E-state index contributed by atoms with van der Waals surface area (Å²) in [5.41, 5.74) is 4.65. The molecule has 0 saturated carbocycles. The molecule has 0 bridgehead atoms. The number of anilines is 1. The van der Waals surface area contributed by atoms with Crippen LogP contribution in [0.4, 0.5) is 10.1 Å². The summed E-state index contributed by atoms with van der Waals surface area (Å²) in [5, 5.41) is 21.8. The van der Waals surface area contributed by atoms with Gasteiger partial charge in [0, 0.05) is 23.7 Å². The number of hydrogen-bond donors (Lipinski definition) is 2. The highest BCUT2D eigenvalue weighted by Gasteiger charge is 2.40. The first-order valence-corrected chi connectivity index (χ1v) is 13.1. The molecule has 194 valence electrons. The maximum atomic E-state index is 13.3. The van der Waals surface area contributed by atoms with Gasteiger partial charge >= 0.3 is 0 Å². The number of benzene rings is 4. The van der Waals surface area contributed by atoms with E-state index in [1.165, 1.54) is 12.1 Å². The van der Waals surface area contributed by atoms with E-state index >= 15 is 0 Å². The van der Waals surface area contributed by atoms with Gasteiger partial charge in [0.25, 0.3) is 0 Å². The number of methoxy groups -OCH3 is 1. The average Bonchev–Trinajstić information content (AvgIpc) is 3.28. The third-order valence-corrected chi connectivity index (χ3v) is 7.67. The highest BCUT2D eigenvalue weighted by atomic mass is 32.1. The van der Waals surface area contributed by atoms with Crippen molar-refractivity contribution in [2.24, 2.45) is 5.92 Å². The highest BCUT2D eigenvalue weighted by molar-refractivity contribution is 7.80. The molecule has 0 radical (unpaired) electrons. The predicted octanol–water partition coefficient (Wildman–Crippen LogP) is 7.62. The number of hydrogen-bond acceptors (Lipinski definition) is 4. The number of thiocarbonyl (C=S) groups is 1. The molecule has 38 heavy (non-hydrogen) atoms. The van der Waals surface area contributed by atoms with Crippen molar-refractivity contribution in [3.8, 4) is 22.6 Å². The minimum absolute atomic E-state index is 0.0608. The molecule has 4 nitrogen and oxygen atoms in total. The van der Waals surface area contributed by atoms with Crippen molar-refractivity contribution in [3.63, 3.8) is 0 Å². The van der Waals surface area contributed by atoms with Crippen LogP contribution in [-0.2, 0) is 0 Å². The number of ether oxygens (including phenoxy) is 1. The molecule has 3 atom stereocenters. The van der Waals surface area contributed by atoms with Crippen LogP contribution >= 0.6 is 12.2 Å². The van der Waals surface area contributed by atoms with Gasteiger partial charge in [0.05, 0.1) is 24.2 Å². The van der Waals surface area contributed by atoms with Crippen LogP contribution in [-0.4, -0.2) is 22.3 Å². The lowest BCUT2D eigenvalue weighted by molar-refractivity contribution is 0.155. The highest BCUT2D eigenvalue weighted by Crippen LogP contribution is 2.47. The van der Waals surface area contributed by atoms with Crippen molar-refractivity contribution >= 4 is 22.9 Å². The van der Waals surface area contributed by atoms with Crippen molar-refractivity contribution in [3.05, 3.63) is 114 Å². The zero-order valence-corrected chi connectivity index (χ0v) is 21.9. The summed E-state index contributed by atoms with van der Waals surface area (Å²) in [6.07, 6.45) is 1.11. The summed E-state index contributed by atoms with van der Waals surface area (Å²) in [5.74, 6) is 0.458. The quantitative estimate of drug-likeness (QED) is 0.231. The minimum atomic E-state index is -0.714. The standard InChI is InChI=1S/C32H30FNO3S/c1-37-27-16-17-28(30(36)20-27)32-24(11-18-29(35)23-7-12-25(33)13-8-23)19-31(38)34(32)26-14-9-22(10-15-26)21-5-3-2-4-6-21/h2-10,12-17,20,24,29,32,35-36H,11,18-19H2,1H3/t24-,29+,32+/m1/s1. The minimum Gasteiger partial charge on any atom is -0.507 e. The second-order valence-corrected chi connectivity index (χ2v) is 10.1. The third-order valence-electron chi connectivity index (χ3n) is 7.30. The smallest absolute Gasteiger partial charge is 0.124 e. The van der Waals surface area contributed by atoms with Crippen LogP contribution in [0.1, 0.15) is 42.5 Å². The number of rotatable bonds is 8. The lowest BCUT2D eigenvalue weighted by atomic mass is 9.87. The Morgan fingerprint density at radius 1 is 0.947 bits per heavy atom. The molecule has 4 aromatic carbocycles. The Balaban J connectivity index is 1.45. The molecule has 4 aromatic rings. The predicted molar refractivity (Wildman–Crippen MR) is 153 cm³/mol. The number of aromatic hydroxyl groups is 1. The SMILES string of the molecule is COc1ccc([C@@H]2[C@H](CC[C@H](O)c3ccc(F)cc3)CC(=S)N2c2ccc(-c3ccccc3)cc2)c(O)c1. The maximum absolute atomic E-state index is 13.3. The molecule has 0 amide bonds. The van der Waals surface area contributed by atoms with Gasteiger partial charge in [-0.1, -0.05) is 66.8 Å². The van der Waals surface area contributed by atoms with E-state index in [2.05, 4.69) is 41.3 Å². The van der Waals surface area contributed by atoms with Crippen molar-refractivity contribution in [1.29, 1.82) is 0 Å². The molecule has 6 heteroatoms. The van der Waals surface area contributed by atoms with Gasteiger partial charge in [-0.3, -0.25) is 0 Å². The monoisotopic (exact) mass is 527 g/mol. The van der Waals surface area contributed by atoms with Gasteiger partial charge in [-0.25, -0.2) is 4.39 Å². The van der Waals surface area contributed by atoms with E-state index in [1.54, 1.807) is 25.3 Å². The lowest BCUT2D eigenvalue weighted by Crippen LogP contribution is -2.28. The van der Waals surface area contributed by atoms with Crippen molar-refractivity contribution < 1.29 is 19.3 Å². The zero-order valence-electron chi connectivity index (χ0n) is 21.1. The summed E-state index contributed by atoms with van der Waals surface area (Å²) in [7, 11) is 1.57. The van der Waals surface area contributed by atoms with E-state index in [9.17, 15) is 14.6 Å². The van der Waals surface area contributed by atoms with Gasteiger partial charge in [-0.05, 0) is 71.8 Å². The molecule has 1 aliphatic heterocycles. The number of aliphatic hydroxyl groups excluding tert-OH is 1. The molecule has 0 aromatic heterocycles. The van der Waals surface area contributed by atoms with Crippen LogP contribution in [0.25, 0.3) is 11.1 Å². The normalized spacial score (nSPS) is 18.0. The Morgan fingerprint density at radius 2 is 1.63 bits per heavy atom. The van der Waals surface area contributed by atoms with Gasteiger partial charge in [-0.15, -0.1) is 0 Å². The van der Waals surface area contributed by atoms with Gasteiger partial charge in [0.1, 0.15) is 17.3 Å². The molecule has 1 fully saturated rings. The molecule has 1 saturated heterocycles. The first-order valence-electron chi connectivity index (χ1n) is 12.7. The molecule has 0 unspecified atom stereocenters. The fraction of sp³-hybridized carbons (Fsp3) is 0.219. The number of nitrogens with zero attached hydrogens (tertiary/aromatic N) is 1. The molecule has 1 heterocycles. The van der Waals surface area contributed by atoms with Crippen LogP contribution < -0.4 is 9.64 Å². The second-order valence-electron chi connectivity index (χ2n) is 9.66. The van der Waals surface area contributed by atoms with Gasteiger partial charge in [-0.2, -0.15) is 0 Å². The third kappa shape index (κ3) is 5.42. The Kier molecular flexibility index (Phi) is 7.72. The van der Waals surface area contributed by atoms with Gasteiger partial charge in [0.15, 0.2) is 0 Å². The van der Waals surface area contributed by atoms with Crippen LogP contribution in [0.5, 0.6) is 11.5 Å². The van der Waals surface area contributed by atoms with Crippen molar-refractivity contribution in [2.45, 2.75) is 31.4 Å². The molecule has 1 aliphatic rings. The molecule has 0 spiro atoms. The van der Waals surface area contributed by atoms with E-state index in [4.69, 9.17) is 17.0 Å². The first-order chi connectivity index (χ1) is 18.4. The fourth-order valence-corrected chi connectivity index (χ4v) is 5.76. The Bertz CT molecular complexity index is 1390. The fourth-order valence-electron chi connectivity index (χ4n) is 5.33. The maximum Gasteiger partial charge on any atom is 0.124 e. The first kappa shape index (κ1) is 25.9. The number of halogens is 1. The number of aliphatic hydroxyl groups is 1. The topological polar surface area (TPSA) is 52.9 Å². The van der Waals surface area contributed by atoms with Crippen molar-refractivity contribution in [2.75, 3.05) is 12.0 Å². The summed E-state index contributed by atoms with van der Waals surface area (Å²) < 4.78 is 18.7. The molecule has 0 aliphatic carbocycles. The summed E-state index contributed by atoms with van der Waals surface area (Å²) >= 11 is 5.90. The Labute approximate surface area is 228 Å². The average molecular weight is 528 g/mol. The lowest BCUT2D eigenvalue weighted by Gasteiger charge is -2.31. The molecule has 2 N–H and O–H groups in total. The van der Waals surface area contributed by atoms with Crippen LogP contribution in [0, 0.1) is 11.7 Å². The largest absolute Gasteiger partial charge is 0.507 e. The Morgan fingerprint density at radius 3 is 2.29 bits per heavy atom.